The van der Waals surface area contributed by atoms with Crippen molar-refractivity contribution >= 4 is 5.91 Å². The molecule has 1 aliphatic rings. The van der Waals surface area contributed by atoms with E-state index in [0.29, 0.717) is 0 Å². The fourth-order valence-electron chi connectivity index (χ4n) is 1.75. The Labute approximate surface area is 76.2 Å². The summed E-state index contributed by atoms with van der Waals surface area (Å²) in [7, 11) is 0. The number of nitrogens with one attached hydrogen (secondary N) is 1. The van der Waals surface area contributed by atoms with E-state index in [2.05, 4.69) is 15.5 Å². The fraction of sp³-hybridized carbons (Fsp3) is 0.625. The number of rotatable bonds is 1. The van der Waals surface area contributed by atoms with Gasteiger partial charge in [0.1, 0.15) is 17.7 Å². The summed E-state index contributed by atoms with van der Waals surface area (Å²) in [5.74, 6) is 1.69. The van der Waals surface area contributed by atoms with E-state index in [1.54, 1.807) is 0 Å². The molecular formula is C8H12N4O. The maximum Gasteiger partial charge on any atom is 0.243 e. The molecule has 1 aromatic heterocycles. The Balaban J connectivity index is 2.39. The van der Waals surface area contributed by atoms with Gasteiger partial charge < -0.3 is 9.88 Å². The Kier molecular flexibility index (Phi) is 1.79. The van der Waals surface area contributed by atoms with Gasteiger partial charge in [-0.05, 0) is 20.3 Å². The minimum atomic E-state index is -0.102. The molecule has 0 radical (unpaired) electrons. The molecule has 0 aliphatic carbocycles. The largest absolute Gasteiger partial charge is 0.354 e. The van der Waals surface area contributed by atoms with Crippen molar-refractivity contribution in [2.45, 2.75) is 26.3 Å². The SMILES string of the molecule is Cc1nnc(C)n1C1CCNC1=O. The third-order valence-electron chi connectivity index (χ3n) is 2.37. The summed E-state index contributed by atoms with van der Waals surface area (Å²) < 4.78 is 1.89. The lowest BCUT2D eigenvalue weighted by Gasteiger charge is -2.11. The van der Waals surface area contributed by atoms with Gasteiger partial charge in [-0.3, -0.25) is 4.79 Å². The Bertz CT molecular complexity index is 324. The number of aryl methyl sites for hydroxylation is 2. The molecule has 70 valence electrons. The minimum Gasteiger partial charge on any atom is -0.354 e. The van der Waals surface area contributed by atoms with E-state index < -0.39 is 0 Å². The van der Waals surface area contributed by atoms with E-state index in [1.807, 2.05) is 18.4 Å². The van der Waals surface area contributed by atoms with Crippen LogP contribution in [0.5, 0.6) is 0 Å². The molecule has 0 saturated carbocycles. The van der Waals surface area contributed by atoms with Crippen molar-refractivity contribution in [3.8, 4) is 0 Å². The first-order valence-electron chi connectivity index (χ1n) is 4.36. The highest BCUT2D eigenvalue weighted by Gasteiger charge is 2.28. The predicted octanol–water partition coefficient (Wildman–Crippen LogP) is -0.0441. The van der Waals surface area contributed by atoms with E-state index in [4.69, 9.17) is 0 Å². The van der Waals surface area contributed by atoms with Gasteiger partial charge in [0.15, 0.2) is 0 Å². The van der Waals surface area contributed by atoms with Crippen molar-refractivity contribution in [2.75, 3.05) is 6.54 Å². The van der Waals surface area contributed by atoms with Crippen LogP contribution < -0.4 is 5.32 Å². The molecule has 2 heterocycles. The van der Waals surface area contributed by atoms with E-state index in [-0.39, 0.29) is 11.9 Å². The van der Waals surface area contributed by atoms with E-state index in [0.717, 1.165) is 24.6 Å². The molecular weight excluding hydrogens is 168 g/mol. The number of hydrogen-bond acceptors (Lipinski definition) is 3. The molecule has 0 bridgehead atoms. The summed E-state index contributed by atoms with van der Waals surface area (Å²) >= 11 is 0. The Morgan fingerprint density at radius 1 is 1.38 bits per heavy atom. The molecule has 5 nitrogen and oxygen atoms in total. The second-order valence-electron chi connectivity index (χ2n) is 3.26. The van der Waals surface area contributed by atoms with E-state index in [1.165, 1.54) is 0 Å². The quantitative estimate of drug-likeness (QED) is 0.659. The Hall–Kier alpha value is -1.39. The van der Waals surface area contributed by atoms with Crippen LogP contribution in [0.1, 0.15) is 24.1 Å². The lowest BCUT2D eigenvalue weighted by molar-refractivity contribution is -0.121. The first-order chi connectivity index (χ1) is 6.20. The first-order valence-corrected chi connectivity index (χ1v) is 4.36. The summed E-state index contributed by atoms with van der Waals surface area (Å²) in [5.41, 5.74) is 0. The lowest BCUT2D eigenvalue weighted by atomic mass is 10.2. The summed E-state index contributed by atoms with van der Waals surface area (Å²) in [5, 5.41) is 10.7. The fourth-order valence-corrected chi connectivity index (χ4v) is 1.75. The zero-order valence-corrected chi connectivity index (χ0v) is 7.74. The molecule has 1 aromatic rings. The van der Waals surface area contributed by atoms with Gasteiger partial charge in [0.05, 0.1) is 0 Å². The average molecular weight is 180 g/mol. The van der Waals surface area contributed by atoms with Crippen LogP contribution in [0.15, 0.2) is 0 Å². The van der Waals surface area contributed by atoms with Crippen LogP contribution in [0.3, 0.4) is 0 Å². The van der Waals surface area contributed by atoms with Crippen LogP contribution >= 0.6 is 0 Å². The van der Waals surface area contributed by atoms with Crippen LogP contribution in [-0.4, -0.2) is 27.2 Å². The maximum absolute atomic E-state index is 11.4. The molecule has 2 rings (SSSR count). The number of carbonyl (C=O) groups is 1. The molecule has 1 fully saturated rings. The average Bonchev–Trinajstić information content (AvgIpc) is 2.60. The van der Waals surface area contributed by atoms with Crippen LogP contribution in [0.2, 0.25) is 0 Å². The van der Waals surface area contributed by atoms with Crippen LogP contribution in [0, 0.1) is 13.8 Å². The molecule has 1 N–H and O–H groups in total. The van der Waals surface area contributed by atoms with Crippen molar-refractivity contribution in [3.63, 3.8) is 0 Å². The number of amides is 1. The zero-order valence-electron chi connectivity index (χ0n) is 7.74. The predicted molar refractivity (Wildman–Crippen MR) is 46.2 cm³/mol. The van der Waals surface area contributed by atoms with E-state index >= 15 is 0 Å². The molecule has 1 amide bonds. The third-order valence-corrected chi connectivity index (χ3v) is 2.37. The molecule has 1 atom stereocenters. The molecule has 1 unspecified atom stereocenters. The highest BCUT2D eigenvalue weighted by atomic mass is 16.2. The summed E-state index contributed by atoms with van der Waals surface area (Å²) in [6, 6.07) is -0.102. The summed E-state index contributed by atoms with van der Waals surface area (Å²) in [4.78, 5) is 11.4. The number of nitrogens with zero attached hydrogens (tertiary/aromatic N) is 3. The van der Waals surface area contributed by atoms with Gasteiger partial charge in [-0.2, -0.15) is 0 Å². The summed E-state index contributed by atoms with van der Waals surface area (Å²) in [6.45, 7) is 4.48. The number of hydrogen-bond donors (Lipinski definition) is 1. The molecule has 0 spiro atoms. The van der Waals surface area contributed by atoms with Gasteiger partial charge in [-0.15, -0.1) is 10.2 Å². The van der Waals surface area contributed by atoms with E-state index in [9.17, 15) is 4.79 Å². The van der Waals surface area contributed by atoms with Crippen molar-refractivity contribution in [1.82, 2.24) is 20.1 Å². The van der Waals surface area contributed by atoms with Gasteiger partial charge >= 0.3 is 0 Å². The van der Waals surface area contributed by atoms with Crippen LogP contribution in [0.25, 0.3) is 0 Å². The van der Waals surface area contributed by atoms with Gasteiger partial charge in [0.2, 0.25) is 5.91 Å². The third kappa shape index (κ3) is 1.20. The monoisotopic (exact) mass is 180 g/mol. The molecule has 0 aromatic carbocycles. The Morgan fingerprint density at radius 2 is 2.00 bits per heavy atom. The number of carbonyl (C=O) groups excluding carboxylic acids is 1. The minimum absolute atomic E-state index is 0.0750. The van der Waals surface area contributed by atoms with Crippen molar-refractivity contribution in [1.29, 1.82) is 0 Å². The number of aromatic nitrogens is 3. The van der Waals surface area contributed by atoms with Gasteiger partial charge in [0, 0.05) is 6.54 Å². The highest BCUT2D eigenvalue weighted by molar-refractivity contribution is 5.82. The molecule has 1 saturated heterocycles. The second-order valence-corrected chi connectivity index (χ2v) is 3.26. The molecule has 13 heavy (non-hydrogen) atoms. The van der Waals surface area contributed by atoms with Crippen molar-refractivity contribution in [2.24, 2.45) is 0 Å². The lowest BCUT2D eigenvalue weighted by Crippen LogP contribution is -2.23. The van der Waals surface area contributed by atoms with Crippen LogP contribution in [-0.2, 0) is 4.79 Å². The van der Waals surface area contributed by atoms with Gasteiger partial charge in [-0.25, -0.2) is 0 Å². The van der Waals surface area contributed by atoms with Gasteiger partial charge in [0.25, 0.3) is 0 Å². The smallest absolute Gasteiger partial charge is 0.243 e. The van der Waals surface area contributed by atoms with Crippen LogP contribution in [0.4, 0.5) is 0 Å². The molecule has 5 heteroatoms. The normalized spacial score (nSPS) is 22.0. The second kappa shape index (κ2) is 2.83. The molecule has 1 aliphatic heterocycles. The van der Waals surface area contributed by atoms with Crippen molar-refractivity contribution in [3.05, 3.63) is 11.6 Å². The topological polar surface area (TPSA) is 59.8 Å². The standard InChI is InChI=1S/C8H12N4O/c1-5-10-11-6(2)12(5)7-3-4-9-8(7)13/h7H,3-4H2,1-2H3,(H,9,13). The van der Waals surface area contributed by atoms with Crippen molar-refractivity contribution < 1.29 is 4.79 Å². The Morgan fingerprint density at radius 3 is 2.46 bits per heavy atom. The first kappa shape index (κ1) is 8.22. The highest BCUT2D eigenvalue weighted by Crippen LogP contribution is 2.19. The maximum atomic E-state index is 11.4. The summed E-state index contributed by atoms with van der Waals surface area (Å²) in [6.07, 6.45) is 0.832. The van der Waals surface area contributed by atoms with Gasteiger partial charge in [-0.1, -0.05) is 0 Å². The zero-order chi connectivity index (χ0) is 9.42.